The summed E-state index contributed by atoms with van der Waals surface area (Å²) in [5, 5.41) is 0. The van der Waals surface area contributed by atoms with Gasteiger partial charge in [-0.3, -0.25) is 4.79 Å². The second kappa shape index (κ2) is 5.79. The van der Waals surface area contributed by atoms with Crippen molar-refractivity contribution in [2.75, 3.05) is 0 Å². The molecule has 1 rings (SSSR count). The summed E-state index contributed by atoms with van der Waals surface area (Å²) in [6.07, 6.45) is 11.3. The van der Waals surface area contributed by atoms with Crippen molar-refractivity contribution in [3.63, 3.8) is 0 Å². The van der Waals surface area contributed by atoms with Crippen LogP contribution in [0.1, 0.15) is 46.0 Å². The Balaban J connectivity index is 2.41. The van der Waals surface area contributed by atoms with Crippen LogP contribution < -0.4 is 0 Å². The van der Waals surface area contributed by atoms with Crippen LogP contribution in [-0.4, -0.2) is 5.78 Å². The molecule has 0 atom stereocenters. The summed E-state index contributed by atoms with van der Waals surface area (Å²) in [4.78, 5) is 11.6. The lowest BCUT2D eigenvalue weighted by atomic mass is 9.96. The van der Waals surface area contributed by atoms with E-state index in [2.05, 4.69) is 19.9 Å². The fraction of sp³-hybridized carbons (Fsp3) is 0.615. The Kier molecular flexibility index (Phi) is 4.64. The molecule has 1 nitrogen and oxygen atoms in total. The van der Waals surface area contributed by atoms with E-state index in [1.807, 2.05) is 6.08 Å². The standard InChI is InChI=1S/C13H20O/c1-11(2)7-6-10-13(14)12-8-4-3-5-9-12/h6,8,10-11H,3-5,7,9H2,1-2H3/b10-6+. The molecule has 0 aromatic carbocycles. The van der Waals surface area contributed by atoms with Crippen molar-refractivity contribution in [3.05, 3.63) is 23.8 Å². The molecule has 0 bridgehead atoms. The molecule has 0 saturated carbocycles. The minimum absolute atomic E-state index is 0.227. The highest BCUT2D eigenvalue weighted by atomic mass is 16.1. The quantitative estimate of drug-likeness (QED) is 0.621. The van der Waals surface area contributed by atoms with Gasteiger partial charge in [-0.25, -0.2) is 0 Å². The van der Waals surface area contributed by atoms with Crippen molar-refractivity contribution in [2.45, 2.75) is 46.0 Å². The molecule has 0 aromatic rings. The van der Waals surface area contributed by atoms with Gasteiger partial charge in [0.2, 0.25) is 0 Å². The minimum Gasteiger partial charge on any atom is -0.290 e. The fourth-order valence-corrected chi connectivity index (χ4v) is 1.62. The highest BCUT2D eigenvalue weighted by molar-refractivity contribution is 6.03. The smallest absolute Gasteiger partial charge is 0.181 e. The lowest BCUT2D eigenvalue weighted by Gasteiger charge is -2.09. The van der Waals surface area contributed by atoms with Gasteiger partial charge in [0.15, 0.2) is 5.78 Å². The van der Waals surface area contributed by atoms with Crippen LogP contribution in [-0.2, 0) is 4.79 Å². The molecule has 0 N–H and O–H groups in total. The average molecular weight is 192 g/mol. The molecule has 0 aliphatic heterocycles. The number of hydrogen-bond acceptors (Lipinski definition) is 1. The lowest BCUT2D eigenvalue weighted by molar-refractivity contribution is -0.111. The van der Waals surface area contributed by atoms with Gasteiger partial charge in [-0.05, 0) is 49.7 Å². The molecule has 1 aliphatic rings. The van der Waals surface area contributed by atoms with E-state index >= 15 is 0 Å². The summed E-state index contributed by atoms with van der Waals surface area (Å²) in [5.74, 6) is 0.865. The van der Waals surface area contributed by atoms with Crippen molar-refractivity contribution in [3.8, 4) is 0 Å². The Bertz CT molecular complexity index is 246. The lowest BCUT2D eigenvalue weighted by Crippen LogP contribution is -2.02. The Morgan fingerprint density at radius 2 is 2.29 bits per heavy atom. The van der Waals surface area contributed by atoms with E-state index in [9.17, 15) is 4.79 Å². The van der Waals surface area contributed by atoms with E-state index in [1.54, 1.807) is 6.08 Å². The summed E-state index contributed by atoms with van der Waals surface area (Å²) in [5.41, 5.74) is 1.02. The molecular formula is C13H20O. The molecule has 0 aromatic heterocycles. The van der Waals surface area contributed by atoms with Crippen LogP contribution in [0.3, 0.4) is 0 Å². The molecular weight excluding hydrogens is 172 g/mol. The second-order valence-corrected chi connectivity index (χ2v) is 4.37. The monoisotopic (exact) mass is 192 g/mol. The van der Waals surface area contributed by atoms with Gasteiger partial charge in [-0.15, -0.1) is 0 Å². The van der Waals surface area contributed by atoms with E-state index < -0.39 is 0 Å². The fourth-order valence-electron chi connectivity index (χ4n) is 1.62. The topological polar surface area (TPSA) is 17.1 Å². The van der Waals surface area contributed by atoms with Crippen LogP contribution in [0, 0.1) is 5.92 Å². The Morgan fingerprint density at radius 3 is 2.86 bits per heavy atom. The third-order valence-corrected chi connectivity index (χ3v) is 2.48. The van der Waals surface area contributed by atoms with Crippen LogP contribution in [0.25, 0.3) is 0 Å². The molecule has 0 heterocycles. The second-order valence-electron chi connectivity index (χ2n) is 4.37. The highest BCUT2D eigenvalue weighted by Gasteiger charge is 2.08. The van der Waals surface area contributed by atoms with Crippen LogP contribution >= 0.6 is 0 Å². The van der Waals surface area contributed by atoms with Crippen LogP contribution in [0.15, 0.2) is 23.8 Å². The molecule has 1 heteroatoms. The first-order valence-electron chi connectivity index (χ1n) is 5.60. The summed E-state index contributed by atoms with van der Waals surface area (Å²) < 4.78 is 0. The third kappa shape index (κ3) is 3.91. The van der Waals surface area contributed by atoms with Gasteiger partial charge < -0.3 is 0 Å². The minimum atomic E-state index is 0.227. The van der Waals surface area contributed by atoms with E-state index in [0.29, 0.717) is 5.92 Å². The maximum atomic E-state index is 11.6. The first kappa shape index (κ1) is 11.2. The maximum Gasteiger partial charge on any atom is 0.181 e. The first-order valence-corrected chi connectivity index (χ1v) is 5.60. The Morgan fingerprint density at radius 1 is 1.50 bits per heavy atom. The van der Waals surface area contributed by atoms with E-state index in [4.69, 9.17) is 0 Å². The number of carbonyl (C=O) groups is 1. The van der Waals surface area contributed by atoms with Gasteiger partial charge in [0.1, 0.15) is 0 Å². The van der Waals surface area contributed by atoms with Crippen molar-refractivity contribution in [1.82, 2.24) is 0 Å². The van der Waals surface area contributed by atoms with Crippen molar-refractivity contribution < 1.29 is 4.79 Å². The van der Waals surface area contributed by atoms with Gasteiger partial charge in [0, 0.05) is 0 Å². The molecule has 1 aliphatic carbocycles. The summed E-state index contributed by atoms with van der Waals surface area (Å²) in [7, 11) is 0. The molecule has 0 saturated heterocycles. The van der Waals surface area contributed by atoms with Gasteiger partial charge in [-0.1, -0.05) is 26.0 Å². The Labute approximate surface area is 86.9 Å². The predicted molar refractivity (Wildman–Crippen MR) is 60.2 cm³/mol. The van der Waals surface area contributed by atoms with Crippen molar-refractivity contribution >= 4 is 5.78 Å². The summed E-state index contributed by atoms with van der Waals surface area (Å²) in [6.45, 7) is 4.32. The maximum absolute atomic E-state index is 11.6. The van der Waals surface area contributed by atoms with E-state index in [1.165, 1.54) is 12.8 Å². The van der Waals surface area contributed by atoms with E-state index in [-0.39, 0.29) is 5.78 Å². The van der Waals surface area contributed by atoms with Crippen molar-refractivity contribution in [2.24, 2.45) is 5.92 Å². The van der Waals surface area contributed by atoms with Crippen LogP contribution in [0.2, 0.25) is 0 Å². The van der Waals surface area contributed by atoms with E-state index in [0.717, 1.165) is 24.8 Å². The number of hydrogen-bond donors (Lipinski definition) is 0. The zero-order valence-electron chi connectivity index (χ0n) is 9.25. The molecule has 78 valence electrons. The van der Waals surface area contributed by atoms with Crippen molar-refractivity contribution in [1.29, 1.82) is 0 Å². The zero-order chi connectivity index (χ0) is 10.4. The van der Waals surface area contributed by atoms with Gasteiger partial charge in [0.05, 0.1) is 0 Å². The highest BCUT2D eigenvalue weighted by Crippen LogP contribution is 2.18. The molecule has 0 fully saturated rings. The number of rotatable bonds is 4. The van der Waals surface area contributed by atoms with Crippen LogP contribution in [0.4, 0.5) is 0 Å². The molecule has 14 heavy (non-hydrogen) atoms. The summed E-state index contributed by atoms with van der Waals surface area (Å²) >= 11 is 0. The number of ketones is 1. The molecule has 0 unspecified atom stereocenters. The van der Waals surface area contributed by atoms with Gasteiger partial charge in [0.25, 0.3) is 0 Å². The molecule has 0 amide bonds. The van der Waals surface area contributed by atoms with Gasteiger partial charge in [-0.2, -0.15) is 0 Å². The van der Waals surface area contributed by atoms with Crippen LogP contribution in [0.5, 0.6) is 0 Å². The normalized spacial score (nSPS) is 17.5. The SMILES string of the molecule is CC(C)C/C=C/C(=O)C1=CCCCC1. The van der Waals surface area contributed by atoms with Gasteiger partial charge >= 0.3 is 0 Å². The largest absolute Gasteiger partial charge is 0.290 e. The molecule has 0 spiro atoms. The number of allylic oxidation sites excluding steroid dienone is 4. The predicted octanol–water partition coefficient (Wildman–Crippen LogP) is 3.66. The number of carbonyl (C=O) groups excluding carboxylic acids is 1. The summed E-state index contributed by atoms with van der Waals surface area (Å²) in [6, 6.07) is 0. The zero-order valence-corrected chi connectivity index (χ0v) is 9.25. The first-order chi connectivity index (χ1) is 6.70. The molecule has 0 radical (unpaired) electrons. The third-order valence-electron chi connectivity index (χ3n) is 2.48. The Hall–Kier alpha value is -0.850. The average Bonchev–Trinajstić information content (AvgIpc) is 2.18.